The van der Waals surface area contributed by atoms with E-state index in [1.54, 1.807) is 6.08 Å². The molecule has 0 fully saturated rings. The summed E-state index contributed by atoms with van der Waals surface area (Å²) in [7, 11) is 1.28. The van der Waals surface area contributed by atoms with E-state index < -0.39 is 19.9 Å². The summed E-state index contributed by atoms with van der Waals surface area (Å²) in [6, 6.07) is 0. The van der Waals surface area contributed by atoms with Gasteiger partial charge in [0.15, 0.2) is 0 Å². The van der Waals surface area contributed by atoms with Crippen LogP contribution in [-0.2, 0) is 27.9 Å². The summed E-state index contributed by atoms with van der Waals surface area (Å²) < 4.78 is 34.3. The van der Waals surface area contributed by atoms with E-state index in [9.17, 15) is 14.3 Å². The molecule has 2 unspecified atom stereocenters. The van der Waals surface area contributed by atoms with Crippen LogP contribution in [0.1, 0.15) is 136 Å². The minimum atomic E-state index is -4.55. The number of esters is 1. The van der Waals surface area contributed by atoms with Crippen LogP contribution in [-0.4, -0.2) is 70.7 Å². The van der Waals surface area contributed by atoms with Gasteiger partial charge in [0.25, 0.3) is 7.82 Å². The molecular formula is C43H76NO7P. The Morgan fingerprint density at radius 2 is 1.12 bits per heavy atom. The predicted octanol–water partition coefficient (Wildman–Crippen LogP) is 10.9. The molecule has 300 valence electrons. The summed E-state index contributed by atoms with van der Waals surface area (Å²) >= 11 is 0. The Balaban J connectivity index is 4.45. The van der Waals surface area contributed by atoms with Crippen molar-refractivity contribution in [3.8, 4) is 0 Å². The lowest BCUT2D eigenvalue weighted by Crippen LogP contribution is -2.37. The molecule has 0 aliphatic carbocycles. The number of hydrogen-bond acceptors (Lipinski definition) is 7. The number of carbonyl (C=O) groups is 1. The van der Waals surface area contributed by atoms with E-state index in [-0.39, 0.29) is 26.2 Å². The van der Waals surface area contributed by atoms with E-state index in [0.717, 1.165) is 44.9 Å². The van der Waals surface area contributed by atoms with Crippen molar-refractivity contribution in [2.24, 2.45) is 0 Å². The molecule has 0 N–H and O–H groups in total. The van der Waals surface area contributed by atoms with E-state index in [4.69, 9.17) is 18.5 Å². The highest BCUT2D eigenvalue weighted by Gasteiger charge is 2.20. The molecule has 9 heteroatoms. The van der Waals surface area contributed by atoms with Gasteiger partial charge in [0.05, 0.1) is 40.8 Å². The van der Waals surface area contributed by atoms with E-state index in [2.05, 4.69) is 74.6 Å². The molecule has 0 saturated heterocycles. The fraction of sp³-hybridized carbons (Fsp3) is 0.698. The minimum absolute atomic E-state index is 0.00516. The van der Waals surface area contributed by atoms with Crippen LogP contribution in [0.4, 0.5) is 0 Å². The summed E-state index contributed by atoms with van der Waals surface area (Å²) in [4.78, 5) is 24.9. The maximum absolute atomic E-state index is 12.6. The SMILES string of the molecule is CC/C=C\C/C=C\C/C=C\C/C=C\C/C=C\CC(=O)OC(COCCCCCCCC/C=C\CCCCCCC)COP(=O)([O-])OCC[N+](C)(C)C. The Morgan fingerprint density at radius 3 is 1.65 bits per heavy atom. The highest BCUT2D eigenvalue weighted by atomic mass is 31.2. The molecule has 8 nitrogen and oxygen atoms in total. The molecule has 0 bridgehead atoms. The van der Waals surface area contributed by atoms with Crippen LogP contribution < -0.4 is 4.89 Å². The van der Waals surface area contributed by atoms with Crippen LogP contribution in [0, 0.1) is 0 Å². The Morgan fingerprint density at radius 1 is 0.615 bits per heavy atom. The zero-order valence-electron chi connectivity index (χ0n) is 33.7. The molecule has 0 radical (unpaired) electrons. The first-order valence-electron chi connectivity index (χ1n) is 20.2. The minimum Gasteiger partial charge on any atom is -0.756 e. The number of phosphoric acid groups is 1. The zero-order valence-corrected chi connectivity index (χ0v) is 34.6. The average molecular weight is 750 g/mol. The van der Waals surface area contributed by atoms with E-state index >= 15 is 0 Å². The number of carbonyl (C=O) groups excluding carboxylic acids is 1. The summed E-state index contributed by atoms with van der Waals surface area (Å²) in [6.45, 7) is 5.11. The second-order valence-electron chi connectivity index (χ2n) is 14.3. The van der Waals surface area contributed by atoms with Crippen molar-refractivity contribution in [3.05, 3.63) is 72.9 Å². The van der Waals surface area contributed by atoms with Crippen LogP contribution in [0.3, 0.4) is 0 Å². The number of allylic oxidation sites excluding steroid dienone is 11. The van der Waals surface area contributed by atoms with Gasteiger partial charge in [0.1, 0.15) is 19.3 Å². The summed E-state index contributed by atoms with van der Waals surface area (Å²) in [5.74, 6) is -0.466. The Labute approximate surface area is 319 Å². The molecule has 0 aromatic rings. The van der Waals surface area contributed by atoms with Gasteiger partial charge in [0.2, 0.25) is 0 Å². The van der Waals surface area contributed by atoms with Crippen molar-refractivity contribution in [2.45, 2.75) is 142 Å². The second kappa shape index (κ2) is 35.9. The number of likely N-dealkylation sites (N-methyl/N-ethyl adjacent to an activating group) is 1. The fourth-order valence-corrected chi connectivity index (χ4v) is 5.64. The van der Waals surface area contributed by atoms with Crippen LogP contribution in [0.15, 0.2) is 72.9 Å². The molecule has 0 spiro atoms. The lowest BCUT2D eigenvalue weighted by Gasteiger charge is -2.28. The third-order valence-corrected chi connectivity index (χ3v) is 8.99. The van der Waals surface area contributed by atoms with Crippen LogP contribution in [0.5, 0.6) is 0 Å². The van der Waals surface area contributed by atoms with Gasteiger partial charge in [-0.3, -0.25) is 9.36 Å². The number of ether oxygens (including phenoxy) is 2. The number of hydrogen-bond donors (Lipinski definition) is 0. The Kier molecular flexibility index (Phi) is 34.5. The lowest BCUT2D eigenvalue weighted by molar-refractivity contribution is -0.870. The highest BCUT2D eigenvalue weighted by Crippen LogP contribution is 2.38. The smallest absolute Gasteiger partial charge is 0.310 e. The van der Waals surface area contributed by atoms with E-state index in [1.165, 1.54) is 64.2 Å². The van der Waals surface area contributed by atoms with Gasteiger partial charge in [-0.2, -0.15) is 0 Å². The standard InChI is InChI=1S/C43H76NO7P/c1-6-8-10-12-14-16-18-20-22-24-26-28-30-32-34-36-43(45)51-42(41-50-52(46,47)49-39-37-44(3,4)5)40-48-38-35-33-31-29-27-25-23-21-19-17-15-13-11-9-7-2/h8,10,14,16,19-22,26,28,32,34,42H,6-7,9,11-13,15,17-18,23-25,27,29-31,33,35-41H2,1-5H3/b10-8-,16-14-,21-19-,22-20-,28-26-,34-32-. The van der Waals surface area contributed by atoms with E-state index in [0.29, 0.717) is 24.1 Å². The Hall–Kier alpha value is -2.06. The molecule has 0 heterocycles. The average Bonchev–Trinajstić information content (AvgIpc) is 3.09. The number of phosphoric ester groups is 1. The van der Waals surface area contributed by atoms with Crippen LogP contribution in [0.2, 0.25) is 0 Å². The van der Waals surface area contributed by atoms with Gasteiger partial charge in [-0.15, -0.1) is 0 Å². The summed E-state index contributed by atoms with van der Waals surface area (Å²) in [5.41, 5.74) is 0. The summed E-state index contributed by atoms with van der Waals surface area (Å²) in [5, 5.41) is 0. The largest absolute Gasteiger partial charge is 0.756 e. The number of nitrogens with zero attached hydrogens (tertiary/aromatic N) is 1. The first kappa shape index (κ1) is 49.9. The Bertz CT molecular complexity index is 1060. The lowest BCUT2D eigenvalue weighted by atomic mass is 10.1. The maximum Gasteiger partial charge on any atom is 0.310 e. The van der Waals surface area contributed by atoms with Crippen molar-refractivity contribution >= 4 is 13.8 Å². The number of rotatable bonds is 36. The van der Waals surface area contributed by atoms with Crippen LogP contribution >= 0.6 is 7.82 Å². The van der Waals surface area contributed by atoms with Gasteiger partial charge in [-0.25, -0.2) is 0 Å². The molecule has 0 aromatic heterocycles. The predicted molar refractivity (Wildman–Crippen MR) is 217 cm³/mol. The number of unbranched alkanes of at least 4 members (excludes halogenated alkanes) is 11. The molecule has 0 amide bonds. The van der Waals surface area contributed by atoms with E-state index in [1.807, 2.05) is 27.2 Å². The van der Waals surface area contributed by atoms with Crippen molar-refractivity contribution in [3.63, 3.8) is 0 Å². The summed E-state index contributed by atoms with van der Waals surface area (Å²) in [6.07, 6.45) is 45.1. The molecule has 0 aromatic carbocycles. The van der Waals surface area contributed by atoms with Crippen LogP contribution in [0.25, 0.3) is 0 Å². The monoisotopic (exact) mass is 750 g/mol. The third kappa shape index (κ3) is 39.2. The molecule has 0 rings (SSSR count). The molecule has 0 saturated carbocycles. The maximum atomic E-state index is 12.6. The fourth-order valence-electron chi connectivity index (χ4n) is 4.91. The molecule has 52 heavy (non-hydrogen) atoms. The van der Waals surface area contributed by atoms with Crippen molar-refractivity contribution < 1.29 is 37.3 Å². The first-order valence-corrected chi connectivity index (χ1v) is 21.6. The van der Waals surface area contributed by atoms with Crippen molar-refractivity contribution in [1.29, 1.82) is 0 Å². The van der Waals surface area contributed by atoms with Gasteiger partial charge in [0, 0.05) is 6.61 Å². The molecular weight excluding hydrogens is 673 g/mol. The quantitative estimate of drug-likeness (QED) is 0.0207. The topological polar surface area (TPSA) is 94.1 Å². The molecule has 0 aliphatic rings. The van der Waals surface area contributed by atoms with Gasteiger partial charge >= 0.3 is 5.97 Å². The molecule has 0 aliphatic heterocycles. The third-order valence-electron chi connectivity index (χ3n) is 8.02. The zero-order chi connectivity index (χ0) is 38.4. The van der Waals surface area contributed by atoms with Gasteiger partial charge in [-0.1, -0.05) is 138 Å². The van der Waals surface area contributed by atoms with Crippen molar-refractivity contribution in [1.82, 2.24) is 0 Å². The number of quaternary nitrogens is 1. The first-order chi connectivity index (χ1) is 25.1. The highest BCUT2D eigenvalue weighted by molar-refractivity contribution is 7.45. The van der Waals surface area contributed by atoms with Gasteiger partial charge < -0.3 is 27.9 Å². The second-order valence-corrected chi connectivity index (χ2v) is 15.7. The van der Waals surface area contributed by atoms with Gasteiger partial charge in [-0.05, 0) is 64.2 Å². The molecule has 2 atom stereocenters. The van der Waals surface area contributed by atoms with Crippen molar-refractivity contribution in [2.75, 3.05) is 54.1 Å². The normalized spacial score (nSPS) is 14.7.